The average Bonchev–Trinajstić information content (AvgIpc) is 3.30. The lowest BCUT2D eigenvalue weighted by Gasteiger charge is -2.24. The van der Waals surface area contributed by atoms with E-state index in [0.29, 0.717) is 25.7 Å². The Kier molecular flexibility index (Phi) is 49.2. The maximum Gasteiger partial charge on any atom is 0.306 e. The monoisotopic (exact) mass is 904 g/mol. The first-order chi connectivity index (χ1) is 32.0. The maximum absolute atomic E-state index is 13.2. The minimum absolute atomic E-state index is 0.0132. The van der Waals surface area contributed by atoms with E-state index in [-0.39, 0.29) is 24.9 Å². The zero-order valence-electron chi connectivity index (χ0n) is 42.3. The van der Waals surface area contributed by atoms with Crippen LogP contribution < -0.4 is 5.32 Å². The first-order valence-electron chi connectivity index (χ1n) is 27.0. The Balaban J connectivity index is 4.73. The summed E-state index contributed by atoms with van der Waals surface area (Å²) in [5, 5.41) is 23.8. The molecule has 3 N–H and O–H groups in total. The molecule has 0 saturated heterocycles. The van der Waals surface area contributed by atoms with Gasteiger partial charge >= 0.3 is 5.97 Å². The molecule has 0 aliphatic heterocycles. The number of ether oxygens (including phenoxy) is 1. The molecule has 0 bridgehead atoms. The molecule has 0 fully saturated rings. The van der Waals surface area contributed by atoms with Crippen molar-refractivity contribution in [1.29, 1.82) is 0 Å². The highest BCUT2D eigenvalue weighted by Crippen LogP contribution is 2.16. The average molecular weight is 904 g/mol. The van der Waals surface area contributed by atoms with Crippen LogP contribution in [0.2, 0.25) is 0 Å². The van der Waals surface area contributed by atoms with Crippen LogP contribution in [0.25, 0.3) is 0 Å². The molecule has 0 heterocycles. The molecule has 1 amide bonds. The van der Waals surface area contributed by atoms with Gasteiger partial charge in [-0.1, -0.05) is 227 Å². The summed E-state index contributed by atoms with van der Waals surface area (Å²) in [6.07, 6.45) is 69.0. The van der Waals surface area contributed by atoms with Gasteiger partial charge in [0, 0.05) is 6.42 Å². The van der Waals surface area contributed by atoms with Crippen molar-refractivity contribution in [3.8, 4) is 0 Å². The molecule has 0 radical (unpaired) electrons. The zero-order valence-corrected chi connectivity index (χ0v) is 42.3. The number of aliphatic hydroxyl groups is 2. The van der Waals surface area contributed by atoms with E-state index in [1.54, 1.807) is 0 Å². The van der Waals surface area contributed by atoms with E-state index in [2.05, 4.69) is 123 Å². The summed E-state index contributed by atoms with van der Waals surface area (Å²) in [7, 11) is 0. The van der Waals surface area contributed by atoms with Crippen molar-refractivity contribution in [1.82, 2.24) is 5.32 Å². The van der Waals surface area contributed by atoms with E-state index < -0.39 is 18.2 Å². The van der Waals surface area contributed by atoms with Gasteiger partial charge in [0.25, 0.3) is 0 Å². The van der Waals surface area contributed by atoms with Crippen LogP contribution in [0.5, 0.6) is 0 Å². The van der Waals surface area contributed by atoms with Crippen molar-refractivity contribution in [3.63, 3.8) is 0 Å². The Bertz CT molecular complexity index is 1290. The Morgan fingerprint density at radius 2 is 0.846 bits per heavy atom. The summed E-state index contributed by atoms with van der Waals surface area (Å²) >= 11 is 0. The molecule has 3 atom stereocenters. The van der Waals surface area contributed by atoms with Crippen LogP contribution in [-0.2, 0) is 14.3 Å². The topological polar surface area (TPSA) is 95.9 Å². The number of carbonyl (C=O) groups is 2. The highest BCUT2D eigenvalue weighted by atomic mass is 16.5. The molecular weight excluding hydrogens is 803 g/mol. The SMILES string of the molecule is CC/C=C/C/C=C/C/C=C/C/C=C/CCCC(CC(=O)NC(CO)C(O)CCCCCCCCCCCCCCCCC)OC(=O)CCC/C=C\C/C=C\C/C=C\C/C=C\CCCCC. The lowest BCUT2D eigenvalue weighted by Crippen LogP contribution is -2.46. The number of nitrogens with one attached hydrogen (secondary N) is 1. The Morgan fingerprint density at radius 1 is 0.462 bits per heavy atom. The van der Waals surface area contributed by atoms with Crippen molar-refractivity contribution < 1.29 is 24.5 Å². The number of carbonyl (C=O) groups excluding carboxylic acids is 2. The van der Waals surface area contributed by atoms with Crippen LogP contribution in [-0.4, -0.2) is 46.9 Å². The Hall–Kier alpha value is -3.22. The van der Waals surface area contributed by atoms with Gasteiger partial charge in [-0.3, -0.25) is 9.59 Å². The number of aliphatic hydroxyl groups excluding tert-OH is 2. The Morgan fingerprint density at radius 3 is 1.29 bits per heavy atom. The molecule has 0 aromatic rings. The smallest absolute Gasteiger partial charge is 0.306 e. The Labute approximate surface area is 401 Å². The van der Waals surface area contributed by atoms with Crippen molar-refractivity contribution in [3.05, 3.63) is 97.2 Å². The molecule has 0 rings (SSSR count). The fourth-order valence-electron chi connectivity index (χ4n) is 7.60. The number of hydrogen-bond acceptors (Lipinski definition) is 5. The quantitative estimate of drug-likeness (QED) is 0.0321. The largest absolute Gasteiger partial charge is 0.462 e. The second-order valence-electron chi connectivity index (χ2n) is 17.9. The minimum Gasteiger partial charge on any atom is -0.462 e. The van der Waals surface area contributed by atoms with Crippen LogP contribution in [0.1, 0.15) is 239 Å². The van der Waals surface area contributed by atoms with Crippen LogP contribution in [0.4, 0.5) is 0 Å². The third-order valence-electron chi connectivity index (χ3n) is 11.6. The predicted octanol–water partition coefficient (Wildman–Crippen LogP) is 16.5. The van der Waals surface area contributed by atoms with E-state index in [1.165, 1.54) is 103 Å². The fraction of sp³-hybridized carbons (Fsp3) is 0.695. The van der Waals surface area contributed by atoms with Gasteiger partial charge in [0.05, 0.1) is 25.2 Å². The number of unbranched alkanes of at least 4 members (excludes halogenated alkanes) is 19. The summed E-state index contributed by atoms with van der Waals surface area (Å²) in [4.78, 5) is 26.2. The molecule has 65 heavy (non-hydrogen) atoms. The predicted molar refractivity (Wildman–Crippen MR) is 282 cm³/mol. The summed E-state index contributed by atoms with van der Waals surface area (Å²) in [5.41, 5.74) is 0. The normalized spacial score (nSPS) is 14.0. The highest BCUT2D eigenvalue weighted by molar-refractivity contribution is 5.77. The standard InChI is InChI=1S/C59H101NO5/c1-4-7-10-13-16-19-22-25-28-29-31-34-37-40-43-46-49-52-59(64)65-55(50-47-44-41-38-35-32-27-24-21-18-15-12-9-6-3)53-58(63)60-56(54-61)57(62)51-48-45-42-39-36-33-30-26-23-20-17-14-11-8-5-2/h9,12,16,18-19,21,25,27-28,31-32,34,38,40-41,43,55-57,61-62H,4-8,10-11,13-15,17,20,22-24,26,29-30,33,35-37,39,42,44-54H2,1-3H3,(H,60,63)/b12-9+,19-16-,21-18+,28-25-,32-27+,34-31-,41-38+,43-40-. The molecule has 0 spiro atoms. The van der Waals surface area contributed by atoms with Crippen LogP contribution in [0.15, 0.2) is 97.2 Å². The zero-order chi connectivity index (χ0) is 47.4. The van der Waals surface area contributed by atoms with E-state index in [9.17, 15) is 19.8 Å². The van der Waals surface area contributed by atoms with Crippen LogP contribution in [0, 0.1) is 0 Å². The first-order valence-corrected chi connectivity index (χ1v) is 27.0. The molecule has 0 aliphatic carbocycles. The van der Waals surface area contributed by atoms with E-state index >= 15 is 0 Å². The van der Waals surface area contributed by atoms with Gasteiger partial charge in [-0.2, -0.15) is 0 Å². The van der Waals surface area contributed by atoms with Gasteiger partial charge in [0.15, 0.2) is 0 Å². The van der Waals surface area contributed by atoms with Crippen LogP contribution >= 0.6 is 0 Å². The second-order valence-corrected chi connectivity index (χ2v) is 17.9. The lowest BCUT2D eigenvalue weighted by molar-refractivity contribution is -0.151. The van der Waals surface area contributed by atoms with Crippen LogP contribution in [0.3, 0.4) is 0 Å². The molecule has 0 aromatic carbocycles. The number of amides is 1. The van der Waals surface area contributed by atoms with Gasteiger partial charge in [0.1, 0.15) is 6.10 Å². The summed E-state index contributed by atoms with van der Waals surface area (Å²) < 4.78 is 5.88. The number of allylic oxidation sites excluding steroid dienone is 16. The summed E-state index contributed by atoms with van der Waals surface area (Å²) in [5.74, 6) is -0.601. The fourth-order valence-corrected chi connectivity index (χ4v) is 7.60. The second kappa shape index (κ2) is 51.8. The molecular formula is C59H101NO5. The summed E-state index contributed by atoms with van der Waals surface area (Å²) in [6, 6.07) is -0.736. The number of rotatable bonds is 47. The van der Waals surface area contributed by atoms with Crippen molar-refractivity contribution in [2.75, 3.05) is 6.61 Å². The lowest BCUT2D eigenvalue weighted by atomic mass is 10.0. The maximum atomic E-state index is 13.2. The van der Waals surface area contributed by atoms with Crippen molar-refractivity contribution >= 4 is 11.9 Å². The van der Waals surface area contributed by atoms with E-state index in [1.807, 2.05) is 0 Å². The van der Waals surface area contributed by atoms with Gasteiger partial charge in [0.2, 0.25) is 5.91 Å². The third kappa shape index (κ3) is 47.1. The van der Waals surface area contributed by atoms with Gasteiger partial charge in [-0.25, -0.2) is 0 Å². The number of esters is 1. The van der Waals surface area contributed by atoms with Gasteiger partial charge in [-0.15, -0.1) is 0 Å². The third-order valence-corrected chi connectivity index (χ3v) is 11.6. The molecule has 0 saturated carbocycles. The van der Waals surface area contributed by atoms with Crippen molar-refractivity contribution in [2.45, 2.75) is 257 Å². The van der Waals surface area contributed by atoms with Gasteiger partial charge < -0.3 is 20.3 Å². The molecule has 3 unspecified atom stereocenters. The van der Waals surface area contributed by atoms with E-state index in [0.717, 1.165) is 83.5 Å². The van der Waals surface area contributed by atoms with Crippen molar-refractivity contribution in [2.24, 2.45) is 0 Å². The molecule has 0 aromatic heterocycles. The molecule has 372 valence electrons. The molecule has 6 nitrogen and oxygen atoms in total. The van der Waals surface area contributed by atoms with E-state index in [4.69, 9.17) is 4.74 Å². The molecule has 0 aliphatic rings. The first kappa shape index (κ1) is 61.8. The highest BCUT2D eigenvalue weighted by Gasteiger charge is 2.24. The molecule has 6 heteroatoms. The number of hydrogen-bond donors (Lipinski definition) is 3. The minimum atomic E-state index is -0.817. The summed E-state index contributed by atoms with van der Waals surface area (Å²) in [6.45, 7) is 6.31. The van der Waals surface area contributed by atoms with Gasteiger partial charge in [-0.05, 0) is 96.3 Å².